The molecule has 0 atom stereocenters. The molecule has 0 fully saturated rings. The number of carbonyl (C=O) groups is 1. The quantitative estimate of drug-likeness (QED) is 0.425. The van der Waals surface area contributed by atoms with Crippen molar-refractivity contribution in [2.75, 3.05) is 12.8 Å². The summed E-state index contributed by atoms with van der Waals surface area (Å²) in [5.41, 5.74) is 5.96. The zero-order valence-electron chi connectivity index (χ0n) is 11.0. The van der Waals surface area contributed by atoms with Crippen LogP contribution in [0.4, 0.5) is 10.1 Å². The Labute approximate surface area is 146 Å². The zero-order chi connectivity index (χ0) is 16.6. The molecule has 0 aliphatic carbocycles. The lowest BCUT2D eigenvalue weighted by atomic mass is 10.2. The van der Waals surface area contributed by atoms with E-state index in [1.54, 1.807) is 0 Å². The molecule has 0 unspecified atom stereocenters. The molecule has 0 aliphatic heterocycles. The van der Waals surface area contributed by atoms with Crippen LogP contribution in [-0.2, 0) is 4.74 Å². The van der Waals surface area contributed by atoms with Crippen LogP contribution in [-0.4, -0.2) is 17.6 Å². The van der Waals surface area contributed by atoms with Crippen LogP contribution < -0.4 is 5.73 Å². The highest BCUT2D eigenvalue weighted by molar-refractivity contribution is 9.11. The molecule has 0 radical (unpaired) electrons. The predicted molar refractivity (Wildman–Crippen MR) is 86.6 cm³/mol. The first-order valence-corrected chi connectivity index (χ1v) is 7.62. The number of nitrogens with two attached hydrogens (primary N) is 1. The molecule has 1 aromatic heterocycles. The van der Waals surface area contributed by atoms with E-state index in [-0.39, 0.29) is 32.1 Å². The van der Waals surface area contributed by atoms with Crippen molar-refractivity contribution in [1.82, 2.24) is 4.57 Å². The van der Waals surface area contributed by atoms with Crippen LogP contribution in [0, 0.1) is 17.1 Å². The predicted octanol–water partition coefficient (Wildman–Crippen LogP) is 4.04. The number of hydrogen-bond donors (Lipinski definition) is 1. The van der Waals surface area contributed by atoms with Gasteiger partial charge in [0.25, 0.3) is 0 Å². The van der Waals surface area contributed by atoms with Gasteiger partial charge in [0.2, 0.25) is 0 Å². The van der Waals surface area contributed by atoms with Crippen LogP contribution in [0.25, 0.3) is 5.69 Å². The monoisotopic (exact) mass is 449 g/mol. The largest absolute Gasteiger partial charge is 0.464 e. The summed E-state index contributed by atoms with van der Waals surface area (Å²) in [6, 6.07) is 3.20. The van der Waals surface area contributed by atoms with Crippen molar-refractivity contribution >= 4 is 55.1 Å². The van der Waals surface area contributed by atoms with E-state index >= 15 is 0 Å². The highest BCUT2D eigenvalue weighted by Gasteiger charge is 2.25. The van der Waals surface area contributed by atoms with Crippen LogP contribution >= 0.6 is 43.5 Å². The number of hydrogen-bond acceptors (Lipinski definition) is 4. The Balaban J connectivity index is 2.88. The number of anilines is 1. The van der Waals surface area contributed by atoms with Gasteiger partial charge in [-0.15, -0.1) is 0 Å². The third kappa shape index (κ3) is 2.60. The number of aromatic nitrogens is 1. The molecule has 1 heterocycles. The molecule has 2 aromatic rings. The van der Waals surface area contributed by atoms with Crippen molar-refractivity contribution in [2.45, 2.75) is 0 Å². The number of halogens is 4. The van der Waals surface area contributed by atoms with Crippen LogP contribution in [0.5, 0.6) is 0 Å². The van der Waals surface area contributed by atoms with Gasteiger partial charge in [0.15, 0.2) is 11.5 Å². The van der Waals surface area contributed by atoms with E-state index in [2.05, 4.69) is 36.6 Å². The fourth-order valence-corrected chi connectivity index (χ4v) is 3.82. The minimum Gasteiger partial charge on any atom is -0.464 e. The number of nitriles is 1. The standard InChI is InChI=1S/C13H7Br2ClFN3O2/c1-22-13(21)12-10(19)5(3-18)4-20(12)11-6(14)2-7(16)9(17)8(11)15/h2,4H,19H2,1H3. The van der Waals surface area contributed by atoms with Crippen molar-refractivity contribution < 1.29 is 13.9 Å². The van der Waals surface area contributed by atoms with Crippen LogP contribution in [0.2, 0.25) is 5.02 Å². The molecule has 0 saturated heterocycles. The fourth-order valence-electron chi connectivity index (χ4n) is 1.87. The maximum absolute atomic E-state index is 14.0. The van der Waals surface area contributed by atoms with Crippen LogP contribution in [0.3, 0.4) is 0 Å². The summed E-state index contributed by atoms with van der Waals surface area (Å²) >= 11 is 12.1. The van der Waals surface area contributed by atoms with Crippen molar-refractivity contribution in [3.63, 3.8) is 0 Å². The fraction of sp³-hybridized carbons (Fsp3) is 0.0769. The molecule has 9 heteroatoms. The van der Waals surface area contributed by atoms with Gasteiger partial charge in [0.1, 0.15) is 6.07 Å². The first-order chi connectivity index (χ1) is 10.3. The number of benzene rings is 1. The Kier molecular flexibility index (Phi) is 4.80. The molecule has 0 bridgehead atoms. The Morgan fingerprint density at radius 3 is 2.73 bits per heavy atom. The van der Waals surface area contributed by atoms with E-state index < -0.39 is 11.8 Å². The third-order valence-corrected chi connectivity index (χ3v) is 4.48. The third-order valence-electron chi connectivity index (χ3n) is 2.87. The number of methoxy groups -OCH3 is 1. The summed E-state index contributed by atoms with van der Waals surface area (Å²) in [6.45, 7) is 0. The number of ether oxygens (including phenoxy) is 1. The van der Waals surface area contributed by atoms with Crippen LogP contribution in [0.15, 0.2) is 21.2 Å². The molecule has 5 nitrogen and oxygen atoms in total. The highest BCUT2D eigenvalue weighted by atomic mass is 79.9. The highest BCUT2D eigenvalue weighted by Crippen LogP contribution is 2.38. The normalized spacial score (nSPS) is 10.4. The first-order valence-electron chi connectivity index (χ1n) is 5.66. The van der Waals surface area contributed by atoms with Gasteiger partial charge in [-0.1, -0.05) is 11.6 Å². The number of nitrogen functional groups attached to an aromatic ring is 1. The van der Waals surface area contributed by atoms with Gasteiger partial charge < -0.3 is 15.0 Å². The molecular weight excluding hydrogens is 444 g/mol. The van der Waals surface area contributed by atoms with Crippen molar-refractivity contribution in [2.24, 2.45) is 0 Å². The number of rotatable bonds is 2. The summed E-state index contributed by atoms with van der Waals surface area (Å²) in [4.78, 5) is 11.9. The van der Waals surface area contributed by atoms with Crippen molar-refractivity contribution in [3.05, 3.63) is 43.3 Å². The molecule has 0 amide bonds. The molecular formula is C13H7Br2ClFN3O2. The van der Waals surface area contributed by atoms with Gasteiger partial charge in [0, 0.05) is 10.7 Å². The Bertz CT molecular complexity index is 830. The smallest absolute Gasteiger partial charge is 0.357 e. The zero-order valence-corrected chi connectivity index (χ0v) is 14.9. The number of nitrogens with zero attached hydrogens (tertiary/aromatic N) is 2. The summed E-state index contributed by atoms with van der Waals surface area (Å²) in [7, 11) is 1.18. The van der Waals surface area contributed by atoms with Crippen molar-refractivity contribution in [3.8, 4) is 11.8 Å². The summed E-state index contributed by atoms with van der Waals surface area (Å²) in [6.07, 6.45) is 1.32. The molecule has 2 N–H and O–H groups in total. The van der Waals surface area contributed by atoms with Gasteiger partial charge in [-0.05, 0) is 37.9 Å². The second-order valence-corrected chi connectivity index (χ2v) is 6.15. The van der Waals surface area contributed by atoms with Gasteiger partial charge >= 0.3 is 5.97 Å². The van der Waals surface area contributed by atoms with Gasteiger partial charge in [-0.2, -0.15) is 5.26 Å². The molecule has 114 valence electrons. The lowest BCUT2D eigenvalue weighted by Gasteiger charge is -2.13. The van der Waals surface area contributed by atoms with Crippen LogP contribution in [0.1, 0.15) is 16.1 Å². The Hall–Kier alpha value is -1.56. The van der Waals surface area contributed by atoms with E-state index in [0.29, 0.717) is 4.47 Å². The van der Waals surface area contributed by atoms with Crippen molar-refractivity contribution in [1.29, 1.82) is 5.26 Å². The van der Waals surface area contributed by atoms with E-state index in [9.17, 15) is 9.18 Å². The Morgan fingerprint density at radius 2 is 2.18 bits per heavy atom. The summed E-state index contributed by atoms with van der Waals surface area (Å²) in [5, 5.41) is 8.97. The van der Waals surface area contributed by atoms with E-state index in [4.69, 9.17) is 22.6 Å². The SMILES string of the molecule is COC(=O)c1c(N)c(C#N)cn1-c1c(Br)cc(Cl)c(F)c1Br. The average Bonchev–Trinajstić information content (AvgIpc) is 2.80. The van der Waals surface area contributed by atoms with E-state index in [0.717, 1.165) is 0 Å². The Morgan fingerprint density at radius 1 is 1.55 bits per heavy atom. The lowest BCUT2D eigenvalue weighted by Crippen LogP contribution is -2.12. The minimum absolute atomic E-state index is 0.0107. The molecule has 0 saturated carbocycles. The van der Waals surface area contributed by atoms with Gasteiger partial charge in [-0.3, -0.25) is 0 Å². The second-order valence-electron chi connectivity index (χ2n) is 4.10. The number of esters is 1. The topological polar surface area (TPSA) is 81.0 Å². The van der Waals surface area contributed by atoms with Gasteiger partial charge in [0.05, 0.1) is 33.5 Å². The first kappa shape index (κ1) is 16.8. The maximum atomic E-state index is 14.0. The van der Waals surface area contributed by atoms with E-state index in [1.165, 1.54) is 23.9 Å². The average molecular weight is 451 g/mol. The second kappa shape index (κ2) is 6.28. The molecule has 0 aliphatic rings. The molecule has 1 aromatic carbocycles. The summed E-state index contributed by atoms with van der Waals surface area (Å²) in [5.74, 6) is -1.46. The minimum atomic E-state index is -0.756. The summed E-state index contributed by atoms with van der Waals surface area (Å²) < 4.78 is 20.4. The number of carbonyl (C=O) groups excluding carboxylic acids is 1. The molecule has 2 rings (SSSR count). The maximum Gasteiger partial charge on any atom is 0.357 e. The molecule has 22 heavy (non-hydrogen) atoms. The van der Waals surface area contributed by atoms with Gasteiger partial charge in [-0.25, -0.2) is 9.18 Å². The molecule has 0 spiro atoms. The lowest BCUT2D eigenvalue weighted by molar-refractivity contribution is 0.0593. The van der Waals surface area contributed by atoms with E-state index in [1.807, 2.05) is 6.07 Å².